The molecule has 0 aromatic heterocycles. The summed E-state index contributed by atoms with van der Waals surface area (Å²) in [5, 5.41) is 25.3. The van der Waals surface area contributed by atoms with Crippen LogP contribution in [0.5, 0.6) is 0 Å². The summed E-state index contributed by atoms with van der Waals surface area (Å²) < 4.78 is 0. The maximum absolute atomic E-state index is 11.2. The van der Waals surface area contributed by atoms with Gasteiger partial charge in [0.05, 0.1) is 0 Å². The van der Waals surface area contributed by atoms with Crippen molar-refractivity contribution in [3.8, 4) is 0 Å². The second-order valence-corrected chi connectivity index (χ2v) is 5.85. The van der Waals surface area contributed by atoms with Crippen LogP contribution >= 0.6 is 0 Å². The van der Waals surface area contributed by atoms with Crippen molar-refractivity contribution in [3.63, 3.8) is 0 Å². The summed E-state index contributed by atoms with van der Waals surface area (Å²) in [5.41, 5.74) is 7.41. The number of carbonyl (C=O) groups is 2. The Balaban J connectivity index is 5.36. The minimum atomic E-state index is -1.97. The molecular formula is C12H24N4O4. The van der Waals surface area contributed by atoms with Crippen LogP contribution in [0.15, 0.2) is 10.2 Å². The fourth-order valence-electron chi connectivity index (χ4n) is 1.77. The largest absolute Gasteiger partial charge is 0.478 e. The minimum Gasteiger partial charge on any atom is -0.478 e. The molecule has 0 aromatic carbocycles. The SMILES string of the molecule is CC(C)CC(N)(/N=N/C(N)(CC(C)C)C(=O)O)C(=O)O. The van der Waals surface area contributed by atoms with E-state index < -0.39 is 23.3 Å². The third-order valence-corrected chi connectivity index (χ3v) is 2.59. The highest BCUT2D eigenvalue weighted by Crippen LogP contribution is 2.22. The van der Waals surface area contributed by atoms with Crippen LogP contribution in [-0.4, -0.2) is 33.5 Å². The lowest BCUT2D eigenvalue weighted by atomic mass is 9.98. The molecule has 20 heavy (non-hydrogen) atoms. The molecule has 0 spiro atoms. The molecule has 0 bridgehead atoms. The summed E-state index contributed by atoms with van der Waals surface area (Å²) in [5.74, 6) is -2.83. The number of nitrogens with two attached hydrogens (primary N) is 2. The molecule has 2 unspecified atom stereocenters. The van der Waals surface area contributed by atoms with Gasteiger partial charge in [0.15, 0.2) is 0 Å². The van der Waals surface area contributed by atoms with Gasteiger partial charge in [0, 0.05) is 12.8 Å². The van der Waals surface area contributed by atoms with Gasteiger partial charge in [-0.1, -0.05) is 27.7 Å². The molecule has 0 rings (SSSR count). The standard InChI is InChI=1S/C12H24N4O4/c1-7(2)5-11(13,9(17)18)15-16-12(14,10(19)20)6-8(3)4/h7-8H,5-6,13-14H2,1-4H3,(H,17,18)(H,19,20)/b16-15+. The van der Waals surface area contributed by atoms with Crippen LogP contribution in [0.2, 0.25) is 0 Å². The number of aliphatic carboxylic acids is 2. The van der Waals surface area contributed by atoms with Crippen LogP contribution in [0.1, 0.15) is 40.5 Å². The van der Waals surface area contributed by atoms with Gasteiger partial charge in [0.1, 0.15) is 0 Å². The zero-order chi connectivity index (χ0) is 16.1. The summed E-state index contributed by atoms with van der Waals surface area (Å²) in [7, 11) is 0. The molecule has 0 aliphatic carbocycles. The molecule has 2 atom stereocenters. The first-order valence-electron chi connectivity index (χ1n) is 6.41. The number of nitrogens with zero attached hydrogens (tertiary/aromatic N) is 2. The fourth-order valence-corrected chi connectivity index (χ4v) is 1.77. The second-order valence-electron chi connectivity index (χ2n) is 5.85. The van der Waals surface area contributed by atoms with Gasteiger partial charge in [-0.15, -0.1) is 0 Å². The number of rotatable bonds is 8. The van der Waals surface area contributed by atoms with Gasteiger partial charge in [-0.3, -0.25) is 11.5 Å². The molecule has 8 nitrogen and oxygen atoms in total. The molecule has 8 heteroatoms. The Bertz CT molecular complexity index is 361. The topological polar surface area (TPSA) is 151 Å². The van der Waals surface area contributed by atoms with E-state index in [0.29, 0.717) is 0 Å². The van der Waals surface area contributed by atoms with Crippen molar-refractivity contribution in [3.05, 3.63) is 0 Å². The van der Waals surface area contributed by atoms with Crippen LogP contribution < -0.4 is 11.5 Å². The van der Waals surface area contributed by atoms with Crippen LogP contribution in [-0.2, 0) is 9.59 Å². The number of hydrogen-bond donors (Lipinski definition) is 4. The van der Waals surface area contributed by atoms with Crippen LogP contribution in [0.25, 0.3) is 0 Å². The summed E-state index contributed by atoms with van der Waals surface area (Å²) in [6.07, 6.45) is 0.0619. The first-order chi connectivity index (χ1) is 8.93. The van der Waals surface area contributed by atoms with Gasteiger partial charge in [0.25, 0.3) is 0 Å². The molecule has 6 N–H and O–H groups in total. The van der Waals surface area contributed by atoms with E-state index in [1.54, 1.807) is 27.7 Å². The van der Waals surface area contributed by atoms with E-state index in [9.17, 15) is 9.59 Å². The van der Waals surface area contributed by atoms with Gasteiger partial charge in [-0.2, -0.15) is 10.2 Å². The third-order valence-electron chi connectivity index (χ3n) is 2.59. The molecular weight excluding hydrogens is 264 g/mol. The zero-order valence-electron chi connectivity index (χ0n) is 12.3. The zero-order valence-corrected chi connectivity index (χ0v) is 12.3. The van der Waals surface area contributed by atoms with E-state index in [2.05, 4.69) is 10.2 Å². The number of azo groups is 1. The first-order valence-corrected chi connectivity index (χ1v) is 6.41. The highest BCUT2D eigenvalue weighted by Gasteiger charge is 2.39. The average molecular weight is 288 g/mol. The molecule has 0 saturated heterocycles. The number of carboxylic acid groups (broad SMARTS) is 2. The predicted molar refractivity (Wildman–Crippen MR) is 72.9 cm³/mol. The normalized spacial score (nSPS) is 18.2. The van der Waals surface area contributed by atoms with Crippen LogP contribution in [0, 0.1) is 11.8 Å². The van der Waals surface area contributed by atoms with Gasteiger partial charge in [0.2, 0.25) is 11.3 Å². The maximum atomic E-state index is 11.2. The molecule has 0 fully saturated rings. The van der Waals surface area contributed by atoms with Crippen molar-refractivity contribution in [2.45, 2.75) is 51.9 Å². The first kappa shape index (κ1) is 18.5. The van der Waals surface area contributed by atoms with E-state index in [1.807, 2.05) is 0 Å². The van der Waals surface area contributed by atoms with Gasteiger partial charge < -0.3 is 10.2 Å². The van der Waals surface area contributed by atoms with Gasteiger partial charge >= 0.3 is 11.9 Å². The Labute approximate surface area is 118 Å². The van der Waals surface area contributed by atoms with Gasteiger partial charge in [-0.05, 0) is 11.8 Å². The Morgan fingerprint density at radius 3 is 1.30 bits per heavy atom. The molecule has 0 aliphatic rings. The quantitative estimate of drug-likeness (QED) is 0.489. The highest BCUT2D eigenvalue weighted by molar-refractivity contribution is 5.79. The van der Waals surface area contributed by atoms with E-state index >= 15 is 0 Å². The van der Waals surface area contributed by atoms with E-state index in [4.69, 9.17) is 21.7 Å². The Kier molecular flexibility index (Phi) is 6.24. The number of carboxylic acids is 2. The van der Waals surface area contributed by atoms with E-state index in [0.717, 1.165) is 0 Å². The van der Waals surface area contributed by atoms with E-state index in [1.165, 1.54) is 0 Å². The lowest BCUT2D eigenvalue weighted by Gasteiger charge is -2.25. The maximum Gasteiger partial charge on any atom is 0.348 e. The summed E-state index contributed by atoms with van der Waals surface area (Å²) in [6, 6.07) is 0. The lowest BCUT2D eigenvalue weighted by Crippen LogP contribution is -2.50. The summed E-state index contributed by atoms with van der Waals surface area (Å²) >= 11 is 0. The smallest absolute Gasteiger partial charge is 0.348 e. The number of hydrogen-bond acceptors (Lipinski definition) is 6. The second kappa shape index (κ2) is 6.76. The molecule has 0 amide bonds. The fraction of sp³-hybridized carbons (Fsp3) is 0.833. The van der Waals surface area contributed by atoms with Crippen LogP contribution in [0.3, 0.4) is 0 Å². The van der Waals surface area contributed by atoms with Crippen molar-refractivity contribution in [1.82, 2.24) is 0 Å². The molecule has 0 saturated carbocycles. The molecule has 0 aromatic rings. The summed E-state index contributed by atoms with van der Waals surface area (Å²) in [4.78, 5) is 22.4. The predicted octanol–water partition coefficient (Wildman–Crippen LogP) is 1.01. The lowest BCUT2D eigenvalue weighted by molar-refractivity contribution is -0.146. The Morgan fingerprint density at radius 2 is 1.15 bits per heavy atom. The van der Waals surface area contributed by atoms with Crippen molar-refractivity contribution in [2.24, 2.45) is 33.5 Å². The third kappa shape index (κ3) is 5.22. The molecule has 0 heterocycles. The Hall–Kier alpha value is -1.54. The monoisotopic (exact) mass is 288 g/mol. The summed E-state index contributed by atoms with van der Waals surface area (Å²) in [6.45, 7) is 7.12. The molecule has 116 valence electrons. The van der Waals surface area contributed by atoms with Crippen molar-refractivity contribution >= 4 is 11.9 Å². The van der Waals surface area contributed by atoms with E-state index in [-0.39, 0.29) is 24.7 Å². The minimum absolute atomic E-state index is 0.0310. The van der Waals surface area contributed by atoms with Crippen molar-refractivity contribution in [2.75, 3.05) is 0 Å². The van der Waals surface area contributed by atoms with Gasteiger partial charge in [-0.25, -0.2) is 9.59 Å². The highest BCUT2D eigenvalue weighted by atomic mass is 16.4. The van der Waals surface area contributed by atoms with Crippen LogP contribution in [0.4, 0.5) is 0 Å². The van der Waals surface area contributed by atoms with Crippen molar-refractivity contribution in [1.29, 1.82) is 0 Å². The average Bonchev–Trinajstić information content (AvgIpc) is 2.24. The molecule has 0 radical (unpaired) electrons. The Morgan fingerprint density at radius 1 is 0.900 bits per heavy atom. The van der Waals surface area contributed by atoms with Crippen molar-refractivity contribution < 1.29 is 19.8 Å². The molecule has 0 aliphatic heterocycles.